The van der Waals surface area contributed by atoms with Crippen LogP contribution in [0.25, 0.3) is 5.76 Å². The number of amides is 1. The Morgan fingerprint density at radius 1 is 1.12 bits per heavy atom. The number of methoxy groups -OCH3 is 1. The number of benzene rings is 2. The lowest BCUT2D eigenvalue weighted by Crippen LogP contribution is -2.38. The van der Waals surface area contributed by atoms with Crippen molar-refractivity contribution in [2.45, 2.75) is 19.9 Å². The molecule has 0 aliphatic carbocycles. The van der Waals surface area contributed by atoms with Crippen molar-refractivity contribution >= 4 is 40.7 Å². The third-order valence-corrected chi connectivity index (χ3v) is 6.31. The molecule has 1 saturated heterocycles. The Labute approximate surface area is 202 Å². The number of hydrogen-bond donors (Lipinski definition) is 1. The number of carbonyl (C=O) groups excluding carboxylic acids is 2. The first-order valence-electron chi connectivity index (χ1n) is 10.5. The number of ether oxygens (including phenoxy) is 1. The average Bonchev–Trinajstić information content (AvgIpc) is 3.04. The van der Waals surface area contributed by atoms with Gasteiger partial charge in [0, 0.05) is 18.7 Å². The van der Waals surface area contributed by atoms with Crippen molar-refractivity contribution in [1.29, 1.82) is 0 Å². The van der Waals surface area contributed by atoms with E-state index in [0.717, 1.165) is 13.1 Å². The number of aliphatic hydroxyl groups is 1. The van der Waals surface area contributed by atoms with E-state index in [9.17, 15) is 19.1 Å². The highest BCUT2D eigenvalue weighted by Crippen LogP contribution is 2.41. The van der Waals surface area contributed by atoms with Crippen LogP contribution in [-0.4, -0.2) is 59.9 Å². The van der Waals surface area contributed by atoms with E-state index >= 15 is 0 Å². The maximum Gasteiger partial charge on any atom is 0.295 e. The lowest BCUT2D eigenvalue weighted by atomic mass is 9.95. The number of ketones is 1. The molecule has 1 heterocycles. The summed E-state index contributed by atoms with van der Waals surface area (Å²) in [4.78, 5) is 29.6. The molecule has 1 amide bonds. The molecule has 176 valence electrons. The van der Waals surface area contributed by atoms with Gasteiger partial charge in [-0.1, -0.05) is 49.2 Å². The molecule has 33 heavy (non-hydrogen) atoms. The lowest BCUT2D eigenvalue weighted by Gasteiger charge is -2.28. The van der Waals surface area contributed by atoms with Gasteiger partial charge < -0.3 is 19.6 Å². The van der Waals surface area contributed by atoms with Gasteiger partial charge in [0.2, 0.25) is 0 Å². The van der Waals surface area contributed by atoms with Crippen molar-refractivity contribution in [3.8, 4) is 5.75 Å². The number of rotatable bonds is 8. The Kier molecular flexibility index (Phi) is 8.00. The van der Waals surface area contributed by atoms with Crippen LogP contribution in [0.2, 0.25) is 10.0 Å². The average molecular weight is 495 g/mol. The van der Waals surface area contributed by atoms with E-state index in [1.54, 1.807) is 0 Å². The zero-order valence-corrected chi connectivity index (χ0v) is 20.1. The van der Waals surface area contributed by atoms with E-state index in [-0.39, 0.29) is 33.5 Å². The predicted molar refractivity (Wildman–Crippen MR) is 126 cm³/mol. The maximum atomic E-state index is 13.6. The summed E-state index contributed by atoms with van der Waals surface area (Å²) >= 11 is 12.4. The van der Waals surface area contributed by atoms with Crippen LogP contribution in [0.4, 0.5) is 4.39 Å². The second-order valence-corrected chi connectivity index (χ2v) is 8.36. The number of nitrogens with zero attached hydrogens (tertiary/aromatic N) is 2. The monoisotopic (exact) mass is 494 g/mol. The standard InChI is InChI=1S/C24H25Cl2FN2O4/c1-4-28(5-2)10-11-29-20(14-6-8-16(27)9-7-14)19(22(31)24(29)32)21(30)15-12-17(25)23(33-3)18(26)13-15/h6-9,12-13,20,30H,4-5,10-11H2,1-3H3/b21-19+. The summed E-state index contributed by atoms with van der Waals surface area (Å²) in [6.45, 7) is 6.38. The number of likely N-dealkylation sites (N-methyl/N-ethyl adjacent to an activating group) is 1. The van der Waals surface area contributed by atoms with Gasteiger partial charge in [0.05, 0.1) is 28.8 Å². The summed E-state index contributed by atoms with van der Waals surface area (Å²) in [7, 11) is 1.41. The molecule has 0 aromatic heterocycles. The number of likely N-dealkylation sites (tertiary alicyclic amines) is 1. The number of carbonyl (C=O) groups is 2. The molecule has 1 fully saturated rings. The quantitative estimate of drug-likeness (QED) is 0.321. The second kappa shape index (κ2) is 10.5. The van der Waals surface area contributed by atoms with Gasteiger partial charge in [-0.15, -0.1) is 0 Å². The molecular weight excluding hydrogens is 470 g/mol. The van der Waals surface area contributed by atoms with Crippen LogP contribution in [-0.2, 0) is 9.59 Å². The molecule has 0 radical (unpaired) electrons. The fourth-order valence-electron chi connectivity index (χ4n) is 3.94. The van der Waals surface area contributed by atoms with Crippen molar-refractivity contribution in [3.63, 3.8) is 0 Å². The van der Waals surface area contributed by atoms with Crippen molar-refractivity contribution in [3.05, 3.63) is 69.0 Å². The smallest absolute Gasteiger partial charge is 0.295 e. The summed E-state index contributed by atoms with van der Waals surface area (Å²) in [5, 5.41) is 11.4. The molecule has 0 spiro atoms. The summed E-state index contributed by atoms with van der Waals surface area (Å²) < 4.78 is 18.7. The van der Waals surface area contributed by atoms with Crippen LogP contribution < -0.4 is 4.74 Å². The molecule has 2 aromatic carbocycles. The fourth-order valence-corrected chi connectivity index (χ4v) is 4.58. The first-order chi connectivity index (χ1) is 15.7. The van der Waals surface area contributed by atoms with Crippen LogP contribution in [0.15, 0.2) is 42.0 Å². The van der Waals surface area contributed by atoms with Gasteiger partial charge in [-0.25, -0.2) is 4.39 Å². The minimum Gasteiger partial charge on any atom is -0.507 e. The molecule has 3 rings (SSSR count). The summed E-state index contributed by atoms with van der Waals surface area (Å²) in [6, 6.07) is 7.43. The molecule has 1 aliphatic rings. The Morgan fingerprint density at radius 2 is 1.70 bits per heavy atom. The molecule has 1 unspecified atom stereocenters. The molecule has 1 N–H and O–H groups in total. The topological polar surface area (TPSA) is 70.1 Å². The van der Waals surface area contributed by atoms with Crippen LogP contribution in [0, 0.1) is 5.82 Å². The normalized spacial score (nSPS) is 17.8. The van der Waals surface area contributed by atoms with Gasteiger partial charge in [0.1, 0.15) is 11.6 Å². The maximum absolute atomic E-state index is 13.6. The molecule has 1 aliphatic heterocycles. The number of halogens is 3. The molecule has 6 nitrogen and oxygen atoms in total. The number of hydrogen-bond acceptors (Lipinski definition) is 5. The zero-order chi connectivity index (χ0) is 24.3. The number of aliphatic hydroxyl groups excluding tert-OH is 1. The van der Waals surface area contributed by atoms with E-state index in [0.29, 0.717) is 12.1 Å². The minimum atomic E-state index is -0.888. The first kappa shape index (κ1) is 25.0. The van der Waals surface area contributed by atoms with Gasteiger partial charge in [-0.2, -0.15) is 0 Å². The molecule has 0 bridgehead atoms. The third kappa shape index (κ3) is 5.00. The molecule has 2 aromatic rings. The van der Waals surface area contributed by atoms with E-state index in [1.807, 2.05) is 13.8 Å². The molecular formula is C24H25Cl2FN2O4. The van der Waals surface area contributed by atoms with E-state index in [4.69, 9.17) is 27.9 Å². The minimum absolute atomic E-state index is 0.108. The third-order valence-electron chi connectivity index (χ3n) is 5.75. The van der Waals surface area contributed by atoms with Crippen molar-refractivity contribution in [2.24, 2.45) is 0 Å². The summed E-state index contributed by atoms with van der Waals surface area (Å²) in [5.41, 5.74) is 0.561. The highest BCUT2D eigenvalue weighted by molar-refractivity contribution is 6.46. The second-order valence-electron chi connectivity index (χ2n) is 7.54. The van der Waals surface area contributed by atoms with Gasteiger partial charge in [0.15, 0.2) is 5.75 Å². The van der Waals surface area contributed by atoms with E-state index in [1.165, 1.54) is 48.4 Å². The Morgan fingerprint density at radius 3 is 2.21 bits per heavy atom. The Hall–Kier alpha value is -2.61. The summed E-state index contributed by atoms with van der Waals surface area (Å²) in [6.07, 6.45) is 0. The molecule has 9 heteroatoms. The largest absolute Gasteiger partial charge is 0.507 e. The highest BCUT2D eigenvalue weighted by Gasteiger charge is 2.46. The van der Waals surface area contributed by atoms with Crippen molar-refractivity contribution in [1.82, 2.24) is 9.80 Å². The molecule has 1 atom stereocenters. The highest BCUT2D eigenvalue weighted by atomic mass is 35.5. The fraction of sp³-hybridized carbons (Fsp3) is 0.333. The van der Waals surface area contributed by atoms with Crippen molar-refractivity contribution in [2.75, 3.05) is 33.3 Å². The molecule has 0 saturated carbocycles. The Balaban J connectivity index is 2.14. The first-order valence-corrected chi connectivity index (χ1v) is 11.3. The van der Waals surface area contributed by atoms with Crippen molar-refractivity contribution < 1.29 is 23.8 Å². The SMILES string of the molecule is CCN(CC)CCN1C(=O)C(=O)/C(=C(/O)c2cc(Cl)c(OC)c(Cl)c2)C1c1ccc(F)cc1. The van der Waals surface area contributed by atoms with Crippen LogP contribution in [0.1, 0.15) is 31.0 Å². The van der Waals surface area contributed by atoms with Gasteiger partial charge in [0.25, 0.3) is 11.7 Å². The van der Waals surface area contributed by atoms with Gasteiger partial charge >= 0.3 is 0 Å². The van der Waals surface area contributed by atoms with Crippen LogP contribution >= 0.6 is 23.2 Å². The van der Waals surface area contributed by atoms with Gasteiger partial charge in [-0.05, 0) is 42.9 Å². The lowest BCUT2D eigenvalue weighted by molar-refractivity contribution is -0.140. The van der Waals surface area contributed by atoms with Gasteiger partial charge in [-0.3, -0.25) is 9.59 Å². The van der Waals surface area contributed by atoms with Crippen LogP contribution in [0.3, 0.4) is 0 Å². The Bertz CT molecular complexity index is 1060. The zero-order valence-electron chi connectivity index (χ0n) is 18.6. The predicted octanol–water partition coefficient (Wildman–Crippen LogP) is 4.90. The van der Waals surface area contributed by atoms with E-state index in [2.05, 4.69) is 4.90 Å². The summed E-state index contributed by atoms with van der Waals surface area (Å²) in [5.74, 6) is -2.20. The van der Waals surface area contributed by atoms with Crippen LogP contribution in [0.5, 0.6) is 5.75 Å². The number of Topliss-reactive ketones (excluding diaryl/α,β-unsaturated/α-hetero) is 1. The van der Waals surface area contributed by atoms with E-state index < -0.39 is 29.3 Å².